The average molecular weight is 194 g/mol. The van der Waals surface area contributed by atoms with Gasteiger partial charge in [-0.2, -0.15) is 0 Å². The number of allylic oxidation sites excluding steroid dienone is 4. The maximum atomic E-state index is 10.7. The van der Waals surface area contributed by atoms with Gasteiger partial charge in [-0.3, -0.25) is 0 Å². The minimum atomic E-state index is -0.412. The zero-order valence-corrected chi connectivity index (χ0v) is 8.45. The van der Waals surface area contributed by atoms with E-state index in [1.807, 2.05) is 0 Å². The highest BCUT2D eigenvalue weighted by Gasteiger charge is 1.90. The first kappa shape index (κ1) is 12.2. The Morgan fingerprint density at radius 1 is 1.00 bits per heavy atom. The summed E-state index contributed by atoms with van der Waals surface area (Å²) in [4.78, 5) is 10.7. The third kappa shape index (κ3) is 5.83. The minimum Gasteiger partial charge on any atom is -0.497 e. The van der Waals surface area contributed by atoms with Gasteiger partial charge in [-0.15, -0.1) is 0 Å². The maximum absolute atomic E-state index is 10.7. The molecule has 0 aromatic rings. The van der Waals surface area contributed by atoms with Crippen LogP contribution in [0.3, 0.4) is 0 Å². The number of rotatable bonds is 5. The Morgan fingerprint density at radius 3 is 2.07 bits per heavy atom. The largest absolute Gasteiger partial charge is 0.497 e. The summed E-state index contributed by atoms with van der Waals surface area (Å²) in [5, 5.41) is 0. The Labute approximate surface area is 84.0 Å². The molecule has 0 atom stereocenters. The quantitative estimate of drug-likeness (QED) is 0.290. The van der Waals surface area contributed by atoms with Crippen LogP contribution in [-0.2, 0) is 14.3 Å². The van der Waals surface area contributed by atoms with E-state index in [-0.39, 0.29) is 0 Å². The lowest BCUT2D eigenvalue weighted by molar-refractivity contribution is -0.134. The summed E-state index contributed by atoms with van der Waals surface area (Å²) in [6, 6.07) is 0. The van der Waals surface area contributed by atoms with Gasteiger partial charge in [0.2, 0.25) is 0 Å². The zero-order valence-electron chi connectivity index (χ0n) is 8.45. The standard InChI is InChI=1S/C11H14O3/c1-9(5-7-10(2)13-3)6-8-11(12)14-4/h5-8H,1-2H2,3-4H3/b7-5-,8-6+. The van der Waals surface area contributed by atoms with Crippen LogP contribution in [0.25, 0.3) is 0 Å². The molecule has 0 amide bonds. The van der Waals surface area contributed by atoms with Crippen molar-refractivity contribution in [1.82, 2.24) is 0 Å². The van der Waals surface area contributed by atoms with Gasteiger partial charge >= 0.3 is 5.97 Å². The van der Waals surface area contributed by atoms with Gasteiger partial charge in [-0.25, -0.2) is 4.79 Å². The summed E-state index contributed by atoms with van der Waals surface area (Å²) in [7, 11) is 2.85. The third-order valence-corrected chi connectivity index (χ3v) is 1.38. The first-order chi connectivity index (χ1) is 6.60. The summed E-state index contributed by atoms with van der Waals surface area (Å²) in [5.41, 5.74) is 0.661. The molecule has 0 spiro atoms. The highest BCUT2D eigenvalue weighted by Crippen LogP contribution is 2.00. The first-order valence-electron chi connectivity index (χ1n) is 3.96. The second-order valence-corrected chi connectivity index (χ2v) is 2.44. The second-order valence-electron chi connectivity index (χ2n) is 2.44. The summed E-state index contributed by atoms with van der Waals surface area (Å²) < 4.78 is 9.22. The Kier molecular flexibility index (Phi) is 5.87. The van der Waals surface area contributed by atoms with Crippen molar-refractivity contribution in [2.45, 2.75) is 0 Å². The summed E-state index contributed by atoms with van der Waals surface area (Å²) in [6.45, 7) is 7.28. The van der Waals surface area contributed by atoms with Gasteiger partial charge < -0.3 is 9.47 Å². The lowest BCUT2D eigenvalue weighted by Gasteiger charge is -1.95. The van der Waals surface area contributed by atoms with Crippen LogP contribution in [0, 0.1) is 0 Å². The fourth-order valence-corrected chi connectivity index (χ4v) is 0.567. The monoisotopic (exact) mass is 194 g/mol. The fourth-order valence-electron chi connectivity index (χ4n) is 0.567. The van der Waals surface area contributed by atoms with Crippen molar-refractivity contribution < 1.29 is 14.3 Å². The van der Waals surface area contributed by atoms with E-state index in [4.69, 9.17) is 4.74 Å². The van der Waals surface area contributed by atoms with Gasteiger partial charge in [0.25, 0.3) is 0 Å². The number of methoxy groups -OCH3 is 2. The lowest BCUT2D eigenvalue weighted by Crippen LogP contribution is -1.93. The predicted octanol–water partition coefficient (Wildman–Crippen LogP) is 1.99. The average Bonchev–Trinajstić information content (AvgIpc) is 2.22. The molecule has 14 heavy (non-hydrogen) atoms. The van der Waals surface area contributed by atoms with Crippen LogP contribution in [0.5, 0.6) is 0 Å². The first-order valence-corrected chi connectivity index (χ1v) is 3.96. The minimum absolute atomic E-state index is 0.412. The number of hydrogen-bond donors (Lipinski definition) is 0. The molecule has 0 rings (SSSR count). The van der Waals surface area contributed by atoms with Gasteiger partial charge in [0.15, 0.2) is 0 Å². The summed E-state index contributed by atoms with van der Waals surface area (Å²) in [5.74, 6) is 0.114. The Balaban J connectivity index is 4.11. The van der Waals surface area contributed by atoms with E-state index in [0.29, 0.717) is 11.3 Å². The number of ether oxygens (including phenoxy) is 2. The van der Waals surface area contributed by atoms with Crippen molar-refractivity contribution in [1.29, 1.82) is 0 Å². The molecular formula is C11H14O3. The lowest BCUT2D eigenvalue weighted by atomic mass is 10.2. The molecule has 0 aromatic heterocycles. The highest BCUT2D eigenvalue weighted by atomic mass is 16.5. The van der Waals surface area contributed by atoms with Gasteiger partial charge in [0.05, 0.1) is 14.2 Å². The normalized spacial score (nSPS) is 10.4. The topological polar surface area (TPSA) is 35.5 Å². The molecule has 0 radical (unpaired) electrons. The summed E-state index contributed by atoms with van der Waals surface area (Å²) >= 11 is 0. The van der Waals surface area contributed by atoms with Crippen LogP contribution < -0.4 is 0 Å². The van der Waals surface area contributed by atoms with Gasteiger partial charge in [0.1, 0.15) is 5.76 Å². The molecule has 0 saturated heterocycles. The second kappa shape index (κ2) is 6.71. The predicted molar refractivity (Wildman–Crippen MR) is 55.6 cm³/mol. The van der Waals surface area contributed by atoms with Crippen molar-refractivity contribution in [2.75, 3.05) is 14.2 Å². The van der Waals surface area contributed by atoms with Crippen molar-refractivity contribution in [2.24, 2.45) is 0 Å². The number of carbonyl (C=O) groups is 1. The van der Waals surface area contributed by atoms with Crippen molar-refractivity contribution in [3.05, 3.63) is 48.8 Å². The third-order valence-electron chi connectivity index (χ3n) is 1.38. The molecule has 0 aliphatic heterocycles. The van der Waals surface area contributed by atoms with E-state index >= 15 is 0 Å². The van der Waals surface area contributed by atoms with Gasteiger partial charge in [0, 0.05) is 6.08 Å². The van der Waals surface area contributed by atoms with Crippen molar-refractivity contribution >= 4 is 5.97 Å². The molecule has 0 bridgehead atoms. The highest BCUT2D eigenvalue weighted by molar-refractivity contribution is 5.82. The van der Waals surface area contributed by atoms with Crippen LogP contribution in [0.1, 0.15) is 0 Å². The summed E-state index contributed by atoms with van der Waals surface area (Å²) in [6.07, 6.45) is 6.18. The molecule has 0 aromatic carbocycles. The number of esters is 1. The Bertz CT molecular complexity index is 257. The van der Waals surface area contributed by atoms with E-state index in [1.54, 1.807) is 18.2 Å². The zero-order chi connectivity index (χ0) is 11.0. The molecule has 3 nitrogen and oxygen atoms in total. The molecular weight excluding hydrogens is 180 g/mol. The number of carbonyl (C=O) groups excluding carboxylic acids is 1. The van der Waals surface area contributed by atoms with E-state index in [2.05, 4.69) is 17.9 Å². The van der Waals surface area contributed by atoms with Crippen LogP contribution in [0.4, 0.5) is 0 Å². The molecule has 0 saturated carbocycles. The molecule has 76 valence electrons. The molecule has 0 heterocycles. The molecule has 3 heteroatoms. The van der Waals surface area contributed by atoms with Crippen LogP contribution in [-0.4, -0.2) is 20.2 Å². The Hall–Kier alpha value is -1.77. The smallest absolute Gasteiger partial charge is 0.330 e. The fraction of sp³-hybridized carbons (Fsp3) is 0.182. The molecule has 0 fully saturated rings. The van der Waals surface area contributed by atoms with E-state index < -0.39 is 5.97 Å². The van der Waals surface area contributed by atoms with E-state index in [0.717, 1.165) is 0 Å². The van der Waals surface area contributed by atoms with E-state index in [9.17, 15) is 4.79 Å². The number of hydrogen-bond acceptors (Lipinski definition) is 3. The maximum Gasteiger partial charge on any atom is 0.330 e. The SMILES string of the molecule is C=C(/C=C\C(=C)OC)/C=C/C(=O)OC. The van der Waals surface area contributed by atoms with Crippen LogP contribution in [0.15, 0.2) is 48.8 Å². The van der Waals surface area contributed by atoms with Gasteiger partial charge in [-0.1, -0.05) is 19.2 Å². The van der Waals surface area contributed by atoms with Crippen LogP contribution in [0.2, 0.25) is 0 Å². The van der Waals surface area contributed by atoms with Crippen LogP contribution >= 0.6 is 0 Å². The molecule has 0 aliphatic rings. The molecule has 0 unspecified atom stereocenters. The van der Waals surface area contributed by atoms with Crippen molar-refractivity contribution in [3.63, 3.8) is 0 Å². The Morgan fingerprint density at radius 2 is 1.57 bits per heavy atom. The van der Waals surface area contributed by atoms with Gasteiger partial charge in [-0.05, 0) is 17.7 Å². The van der Waals surface area contributed by atoms with E-state index in [1.165, 1.54) is 20.3 Å². The van der Waals surface area contributed by atoms with Crippen molar-refractivity contribution in [3.8, 4) is 0 Å². The molecule has 0 aliphatic carbocycles. The molecule has 0 N–H and O–H groups in total.